The number of nitrogens with zero attached hydrogens (tertiary/aromatic N) is 3. The molecule has 3 aromatic rings. The average Bonchev–Trinajstić information content (AvgIpc) is 3.00. The molecular formula is C25H21Cl2N5O4. The van der Waals surface area contributed by atoms with Gasteiger partial charge in [-0.2, -0.15) is 5.48 Å². The number of benzene rings is 3. The first-order chi connectivity index (χ1) is 17.3. The quantitative estimate of drug-likeness (QED) is 0.429. The molecule has 36 heavy (non-hydrogen) atoms. The van der Waals surface area contributed by atoms with E-state index in [0.29, 0.717) is 38.3 Å². The molecule has 11 heteroatoms. The number of halogens is 2. The lowest BCUT2D eigenvalue weighted by Gasteiger charge is -2.19. The molecule has 1 unspecified atom stereocenters. The summed E-state index contributed by atoms with van der Waals surface area (Å²) in [6.45, 7) is 0. The molecule has 3 aromatic carbocycles. The largest absolute Gasteiger partial charge is 0.435 e. The smallest absolute Gasteiger partial charge is 0.416 e. The minimum atomic E-state index is -1.30. The normalized spacial score (nSPS) is 14.4. The molecule has 0 aliphatic carbocycles. The Morgan fingerprint density at radius 1 is 0.944 bits per heavy atom. The van der Waals surface area contributed by atoms with E-state index in [0.717, 1.165) is 0 Å². The molecule has 1 atom stereocenters. The number of anilines is 1. The fourth-order valence-corrected chi connectivity index (χ4v) is 3.61. The van der Waals surface area contributed by atoms with E-state index >= 15 is 0 Å². The molecule has 1 heterocycles. The summed E-state index contributed by atoms with van der Waals surface area (Å²) in [7, 11) is 3.06. The molecule has 0 aromatic heterocycles. The number of ether oxygens (including phenoxy) is 1. The van der Waals surface area contributed by atoms with Gasteiger partial charge in [-0.25, -0.2) is 19.6 Å². The van der Waals surface area contributed by atoms with E-state index in [1.807, 2.05) is 6.07 Å². The van der Waals surface area contributed by atoms with Crippen molar-refractivity contribution in [2.75, 3.05) is 19.4 Å². The van der Waals surface area contributed by atoms with Gasteiger partial charge in [0.05, 0.1) is 11.4 Å². The zero-order chi connectivity index (χ0) is 25.7. The highest BCUT2D eigenvalue weighted by Gasteiger charge is 2.29. The second kappa shape index (κ2) is 11.1. The van der Waals surface area contributed by atoms with Gasteiger partial charge >= 0.3 is 12.2 Å². The molecule has 1 aliphatic heterocycles. The van der Waals surface area contributed by atoms with Crippen LogP contribution >= 0.6 is 23.2 Å². The average molecular weight is 526 g/mol. The lowest BCUT2D eigenvalue weighted by molar-refractivity contribution is 0.0927. The molecule has 9 nitrogen and oxygen atoms in total. The van der Waals surface area contributed by atoms with Crippen molar-refractivity contribution in [1.82, 2.24) is 10.4 Å². The van der Waals surface area contributed by atoms with Crippen molar-refractivity contribution in [3.05, 3.63) is 94.0 Å². The molecule has 0 saturated heterocycles. The Labute approximate surface area is 217 Å². The maximum atomic E-state index is 12.5. The molecule has 0 saturated carbocycles. The number of carbonyl (C=O) groups is 2. The zero-order valence-electron chi connectivity index (χ0n) is 19.2. The van der Waals surface area contributed by atoms with Gasteiger partial charge < -0.3 is 14.5 Å². The Bertz CT molecular complexity index is 1350. The third-order valence-electron chi connectivity index (χ3n) is 4.91. The minimum absolute atomic E-state index is 0.0426. The van der Waals surface area contributed by atoms with E-state index in [9.17, 15) is 9.59 Å². The number of hydrogen-bond acceptors (Lipinski definition) is 7. The van der Waals surface area contributed by atoms with Gasteiger partial charge in [0.2, 0.25) is 5.84 Å². The molecule has 0 bridgehead atoms. The van der Waals surface area contributed by atoms with Crippen LogP contribution in [0.2, 0.25) is 10.0 Å². The van der Waals surface area contributed by atoms with Crippen molar-refractivity contribution in [2.24, 2.45) is 9.98 Å². The first-order valence-electron chi connectivity index (χ1n) is 10.7. The summed E-state index contributed by atoms with van der Waals surface area (Å²) in [5, 5.41) is 3.44. The number of hydrogen-bond donors (Lipinski definition) is 2. The Morgan fingerprint density at radius 3 is 2.39 bits per heavy atom. The van der Waals surface area contributed by atoms with E-state index in [-0.39, 0.29) is 5.84 Å². The van der Waals surface area contributed by atoms with Crippen LogP contribution in [-0.4, -0.2) is 49.0 Å². The number of carbonyl (C=O) groups excluding carboxylic acids is 2. The van der Waals surface area contributed by atoms with Crippen molar-refractivity contribution in [3.8, 4) is 0 Å². The van der Waals surface area contributed by atoms with Gasteiger partial charge in [-0.05, 0) is 36.4 Å². The van der Waals surface area contributed by atoms with Crippen molar-refractivity contribution in [2.45, 2.75) is 6.23 Å². The van der Waals surface area contributed by atoms with Crippen LogP contribution in [0.4, 0.5) is 21.0 Å². The summed E-state index contributed by atoms with van der Waals surface area (Å²) < 4.78 is 5.57. The number of para-hydroxylation sites is 1. The van der Waals surface area contributed by atoms with Crippen LogP contribution < -0.4 is 10.8 Å². The summed E-state index contributed by atoms with van der Waals surface area (Å²) in [6.07, 6.45) is -2.80. The van der Waals surface area contributed by atoms with Gasteiger partial charge in [0.25, 0.3) is 6.23 Å². The lowest BCUT2D eigenvalue weighted by atomic mass is 10.0. The number of rotatable bonds is 3. The van der Waals surface area contributed by atoms with Gasteiger partial charge in [0.15, 0.2) is 0 Å². The zero-order valence-corrected chi connectivity index (χ0v) is 20.7. The first kappa shape index (κ1) is 25.0. The highest BCUT2D eigenvalue weighted by atomic mass is 35.5. The third kappa shape index (κ3) is 5.94. The first-order valence-corrected chi connectivity index (χ1v) is 11.5. The van der Waals surface area contributed by atoms with E-state index in [1.54, 1.807) is 66.7 Å². The van der Waals surface area contributed by atoms with Crippen LogP contribution in [0.3, 0.4) is 0 Å². The maximum absolute atomic E-state index is 12.5. The van der Waals surface area contributed by atoms with Crippen LogP contribution in [-0.2, 0) is 9.57 Å². The summed E-state index contributed by atoms with van der Waals surface area (Å²) in [4.78, 5) is 40.4. The fraction of sp³-hybridized carbons (Fsp3) is 0.120. The number of aliphatic imine (C=N–C) groups is 2. The molecule has 2 N–H and O–H groups in total. The summed E-state index contributed by atoms with van der Waals surface area (Å²) in [5.74, 6) is -0.0426. The van der Waals surface area contributed by atoms with Gasteiger partial charge in [0.1, 0.15) is 0 Å². The lowest BCUT2D eigenvalue weighted by Crippen LogP contribution is -2.40. The number of amidine groups is 1. The van der Waals surface area contributed by atoms with Crippen LogP contribution in [0.5, 0.6) is 0 Å². The summed E-state index contributed by atoms with van der Waals surface area (Å²) in [6, 6.07) is 20.8. The van der Waals surface area contributed by atoms with Gasteiger partial charge in [-0.3, -0.25) is 5.32 Å². The number of amides is 2. The fourth-order valence-electron chi connectivity index (χ4n) is 3.22. The van der Waals surface area contributed by atoms with E-state index < -0.39 is 18.4 Å². The SMILES string of the molecule is CN(C)C(=O)OC1N=C(c2ccccc2Cl)c2cc(Cl)ccc2N=C1NOC(=O)Nc1ccccc1. The van der Waals surface area contributed by atoms with E-state index in [2.05, 4.69) is 20.8 Å². The van der Waals surface area contributed by atoms with Crippen LogP contribution in [0.25, 0.3) is 0 Å². The number of nitrogens with one attached hydrogen (secondary N) is 2. The molecule has 0 spiro atoms. The van der Waals surface area contributed by atoms with Crippen LogP contribution in [0.15, 0.2) is 82.8 Å². The molecule has 184 valence electrons. The third-order valence-corrected chi connectivity index (χ3v) is 5.47. The summed E-state index contributed by atoms with van der Waals surface area (Å²) >= 11 is 12.8. The highest BCUT2D eigenvalue weighted by Crippen LogP contribution is 2.31. The second-order valence-electron chi connectivity index (χ2n) is 7.73. The number of fused-ring (bicyclic) bond motifs is 1. The number of hydroxylamine groups is 1. The Morgan fingerprint density at radius 2 is 1.67 bits per heavy atom. The maximum Gasteiger partial charge on any atom is 0.435 e. The van der Waals surface area contributed by atoms with Gasteiger partial charge in [0, 0.05) is 41.0 Å². The van der Waals surface area contributed by atoms with Crippen LogP contribution in [0.1, 0.15) is 11.1 Å². The van der Waals surface area contributed by atoms with Crippen molar-refractivity contribution in [3.63, 3.8) is 0 Å². The molecule has 1 aliphatic rings. The van der Waals surface area contributed by atoms with Gasteiger partial charge in [-0.1, -0.05) is 59.6 Å². The topological polar surface area (TPSA) is 105 Å². The molecule has 0 radical (unpaired) electrons. The minimum Gasteiger partial charge on any atom is -0.416 e. The van der Waals surface area contributed by atoms with Crippen molar-refractivity contribution in [1.29, 1.82) is 0 Å². The van der Waals surface area contributed by atoms with Crippen molar-refractivity contribution >= 4 is 58.3 Å². The van der Waals surface area contributed by atoms with E-state index in [1.165, 1.54) is 19.0 Å². The van der Waals surface area contributed by atoms with Crippen molar-refractivity contribution < 1.29 is 19.2 Å². The predicted octanol–water partition coefficient (Wildman–Crippen LogP) is 5.65. The predicted molar refractivity (Wildman–Crippen MR) is 139 cm³/mol. The molecular weight excluding hydrogens is 505 g/mol. The summed E-state index contributed by atoms with van der Waals surface area (Å²) in [5.41, 5.74) is 4.97. The standard InChI is InChI=1S/C25H21Cl2N5O4/c1-32(2)25(34)35-23-22(31-36-24(33)28-16-8-4-3-5-9-16)29-20-13-12-15(26)14-18(20)21(30-23)17-10-6-7-11-19(17)27/h3-14,23H,1-2H3,(H,28,33)(H,29,31). The monoisotopic (exact) mass is 525 g/mol. The van der Waals surface area contributed by atoms with Crippen LogP contribution in [0, 0.1) is 0 Å². The Kier molecular flexibility index (Phi) is 7.72. The molecule has 0 fully saturated rings. The van der Waals surface area contributed by atoms with Gasteiger partial charge in [-0.15, -0.1) is 0 Å². The molecule has 4 rings (SSSR count). The highest BCUT2D eigenvalue weighted by molar-refractivity contribution is 6.36. The Hall–Kier alpha value is -4.08. The van der Waals surface area contributed by atoms with E-state index in [4.69, 9.17) is 32.8 Å². The second-order valence-corrected chi connectivity index (χ2v) is 8.57. The Balaban J connectivity index is 1.73. The molecule has 2 amide bonds.